The second-order valence-corrected chi connectivity index (χ2v) is 2.08. The summed E-state index contributed by atoms with van der Waals surface area (Å²) in [5.41, 5.74) is 0. The number of hydrogen-bond donors (Lipinski definition) is 0. The van der Waals surface area contributed by atoms with Gasteiger partial charge in [0.25, 0.3) is 5.79 Å². The standard InChI is InChI=1S/C7H10O4/c1-9-6(8)7(10-2)4-3-5-11-7/h3-4H,5H2,1-2H3. The molecule has 0 fully saturated rings. The van der Waals surface area contributed by atoms with Crippen LogP contribution in [0.2, 0.25) is 0 Å². The number of carbonyl (C=O) groups excluding carboxylic acids is 1. The number of methoxy groups -OCH3 is 2. The molecule has 0 N–H and O–H groups in total. The Labute approximate surface area is 64.7 Å². The molecule has 0 aromatic rings. The Balaban J connectivity index is 2.75. The van der Waals surface area contributed by atoms with Crippen molar-refractivity contribution in [2.75, 3.05) is 20.8 Å². The third kappa shape index (κ3) is 1.27. The lowest BCUT2D eigenvalue weighted by Crippen LogP contribution is -2.40. The zero-order valence-electron chi connectivity index (χ0n) is 6.49. The molecule has 0 radical (unpaired) electrons. The Morgan fingerprint density at radius 3 is 2.73 bits per heavy atom. The SMILES string of the molecule is COC(=O)C1(OC)C=CCO1. The van der Waals surface area contributed by atoms with E-state index in [1.165, 1.54) is 14.2 Å². The Hall–Kier alpha value is -0.870. The first-order valence-electron chi connectivity index (χ1n) is 3.20. The van der Waals surface area contributed by atoms with E-state index in [4.69, 9.17) is 9.47 Å². The maximum absolute atomic E-state index is 11.0. The predicted octanol–water partition coefficient (Wildman–Crippen LogP) is 0.0885. The van der Waals surface area contributed by atoms with E-state index in [0.717, 1.165) is 0 Å². The van der Waals surface area contributed by atoms with Gasteiger partial charge in [-0.05, 0) is 6.08 Å². The van der Waals surface area contributed by atoms with Crippen molar-refractivity contribution in [2.24, 2.45) is 0 Å². The lowest BCUT2D eigenvalue weighted by Gasteiger charge is -2.21. The Morgan fingerprint density at radius 1 is 1.64 bits per heavy atom. The summed E-state index contributed by atoms with van der Waals surface area (Å²) >= 11 is 0. The molecular formula is C7H10O4. The summed E-state index contributed by atoms with van der Waals surface area (Å²) in [6.45, 7) is 0.378. The smallest absolute Gasteiger partial charge is 0.371 e. The fourth-order valence-electron chi connectivity index (χ4n) is 0.903. The molecule has 0 aromatic heterocycles. The Morgan fingerprint density at radius 2 is 2.36 bits per heavy atom. The minimum Gasteiger partial charge on any atom is -0.465 e. The van der Waals surface area contributed by atoms with Gasteiger partial charge in [0.15, 0.2) is 0 Å². The van der Waals surface area contributed by atoms with E-state index >= 15 is 0 Å². The summed E-state index contributed by atoms with van der Waals surface area (Å²) in [4.78, 5) is 11.0. The zero-order valence-corrected chi connectivity index (χ0v) is 6.49. The molecule has 0 bridgehead atoms. The van der Waals surface area contributed by atoms with Gasteiger partial charge < -0.3 is 14.2 Å². The van der Waals surface area contributed by atoms with Crippen molar-refractivity contribution in [3.8, 4) is 0 Å². The summed E-state index contributed by atoms with van der Waals surface area (Å²) < 4.78 is 14.4. The molecule has 0 aromatic carbocycles. The van der Waals surface area contributed by atoms with Gasteiger partial charge >= 0.3 is 5.97 Å². The predicted molar refractivity (Wildman–Crippen MR) is 36.8 cm³/mol. The zero-order chi connectivity index (χ0) is 8.32. The Kier molecular flexibility index (Phi) is 2.26. The van der Waals surface area contributed by atoms with Crippen LogP contribution in [0.15, 0.2) is 12.2 Å². The molecule has 0 amide bonds. The fraction of sp³-hybridized carbons (Fsp3) is 0.571. The van der Waals surface area contributed by atoms with E-state index in [1.807, 2.05) is 0 Å². The summed E-state index contributed by atoms with van der Waals surface area (Å²) in [5.74, 6) is -1.83. The Bertz CT molecular complexity index is 187. The van der Waals surface area contributed by atoms with Crippen LogP contribution in [-0.2, 0) is 19.0 Å². The summed E-state index contributed by atoms with van der Waals surface area (Å²) in [5, 5.41) is 0. The van der Waals surface area contributed by atoms with Crippen LogP contribution in [0.4, 0.5) is 0 Å². The van der Waals surface area contributed by atoms with Gasteiger partial charge in [-0.1, -0.05) is 6.08 Å². The van der Waals surface area contributed by atoms with Crippen molar-refractivity contribution >= 4 is 5.97 Å². The monoisotopic (exact) mass is 158 g/mol. The molecule has 0 spiro atoms. The van der Waals surface area contributed by atoms with E-state index in [0.29, 0.717) is 6.61 Å². The largest absolute Gasteiger partial charge is 0.465 e. The van der Waals surface area contributed by atoms with Gasteiger partial charge in [-0.3, -0.25) is 0 Å². The van der Waals surface area contributed by atoms with Crippen LogP contribution in [0.1, 0.15) is 0 Å². The van der Waals surface area contributed by atoms with Gasteiger partial charge in [-0.25, -0.2) is 4.79 Å². The minimum atomic E-state index is -1.30. The minimum absolute atomic E-state index is 0.378. The number of esters is 1. The van der Waals surface area contributed by atoms with E-state index in [2.05, 4.69) is 4.74 Å². The second-order valence-electron chi connectivity index (χ2n) is 2.08. The van der Waals surface area contributed by atoms with Crippen LogP contribution in [0.25, 0.3) is 0 Å². The molecule has 0 aliphatic carbocycles. The highest BCUT2D eigenvalue weighted by Gasteiger charge is 2.40. The molecule has 1 aliphatic rings. The molecule has 1 heterocycles. The van der Waals surface area contributed by atoms with Crippen molar-refractivity contribution in [2.45, 2.75) is 5.79 Å². The fourth-order valence-corrected chi connectivity index (χ4v) is 0.903. The van der Waals surface area contributed by atoms with E-state index < -0.39 is 11.8 Å². The normalized spacial score (nSPS) is 28.9. The molecule has 1 rings (SSSR count). The molecule has 4 nitrogen and oxygen atoms in total. The van der Waals surface area contributed by atoms with Crippen LogP contribution < -0.4 is 0 Å². The third-order valence-electron chi connectivity index (χ3n) is 1.50. The van der Waals surface area contributed by atoms with Crippen LogP contribution in [0, 0.1) is 0 Å². The van der Waals surface area contributed by atoms with Gasteiger partial charge in [0.05, 0.1) is 13.7 Å². The van der Waals surface area contributed by atoms with Crippen molar-refractivity contribution in [3.05, 3.63) is 12.2 Å². The highest BCUT2D eigenvalue weighted by Crippen LogP contribution is 2.20. The van der Waals surface area contributed by atoms with Crippen molar-refractivity contribution in [3.63, 3.8) is 0 Å². The molecule has 11 heavy (non-hydrogen) atoms. The molecule has 1 unspecified atom stereocenters. The first-order valence-corrected chi connectivity index (χ1v) is 3.20. The van der Waals surface area contributed by atoms with Gasteiger partial charge in [0, 0.05) is 7.11 Å². The highest BCUT2D eigenvalue weighted by atomic mass is 16.7. The average Bonchev–Trinajstić information content (AvgIpc) is 2.52. The number of carbonyl (C=O) groups is 1. The first kappa shape index (κ1) is 8.23. The van der Waals surface area contributed by atoms with E-state index in [-0.39, 0.29) is 0 Å². The van der Waals surface area contributed by atoms with Crippen LogP contribution in [0.5, 0.6) is 0 Å². The quantitative estimate of drug-likeness (QED) is 0.422. The topological polar surface area (TPSA) is 44.8 Å². The van der Waals surface area contributed by atoms with Gasteiger partial charge in [-0.15, -0.1) is 0 Å². The number of rotatable bonds is 2. The molecule has 1 atom stereocenters. The van der Waals surface area contributed by atoms with Gasteiger partial charge in [0.1, 0.15) is 0 Å². The maximum Gasteiger partial charge on any atom is 0.371 e. The summed E-state index contributed by atoms with van der Waals surface area (Å²) in [6.07, 6.45) is 3.25. The number of ether oxygens (including phenoxy) is 3. The molecular weight excluding hydrogens is 148 g/mol. The summed E-state index contributed by atoms with van der Waals surface area (Å²) in [7, 11) is 2.69. The third-order valence-corrected chi connectivity index (χ3v) is 1.50. The second kappa shape index (κ2) is 3.02. The van der Waals surface area contributed by atoms with Crippen LogP contribution in [0.3, 0.4) is 0 Å². The molecule has 1 aliphatic heterocycles. The van der Waals surface area contributed by atoms with Gasteiger partial charge in [0.2, 0.25) is 0 Å². The van der Waals surface area contributed by atoms with Gasteiger partial charge in [-0.2, -0.15) is 0 Å². The molecule has 62 valence electrons. The van der Waals surface area contributed by atoms with Crippen LogP contribution in [-0.4, -0.2) is 32.6 Å². The number of hydrogen-bond acceptors (Lipinski definition) is 4. The highest BCUT2D eigenvalue weighted by molar-refractivity contribution is 5.80. The van der Waals surface area contributed by atoms with E-state index in [1.54, 1.807) is 12.2 Å². The lowest BCUT2D eigenvalue weighted by molar-refractivity contribution is -0.207. The van der Waals surface area contributed by atoms with Crippen molar-refractivity contribution < 1.29 is 19.0 Å². The molecule has 0 saturated carbocycles. The maximum atomic E-state index is 11.0. The molecule has 4 heteroatoms. The van der Waals surface area contributed by atoms with Crippen molar-refractivity contribution in [1.82, 2.24) is 0 Å². The summed E-state index contributed by atoms with van der Waals surface area (Å²) in [6, 6.07) is 0. The first-order chi connectivity index (χ1) is 5.25. The molecule has 0 saturated heterocycles. The lowest BCUT2D eigenvalue weighted by atomic mass is 10.3. The van der Waals surface area contributed by atoms with Crippen LogP contribution >= 0.6 is 0 Å². The average molecular weight is 158 g/mol. The van der Waals surface area contributed by atoms with Crippen molar-refractivity contribution in [1.29, 1.82) is 0 Å². The van der Waals surface area contributed by atoms with E-state index in [9.17, 15) is 4.79 Å².